The maximum atomic E-state index is 13.3. The standard InChI is InChI=1S/C23H25FN2O2S/c1-26(14-6-15-28-20-7-3-2-4-8-20)17-22(27)25-23(21-9-5-16-29-21)18-10-12-19(24)13-11-18/h2-5,7-13,16,23H,6,14-15,17H2,1H3,(H,25,27). The zero-order valence-corrected chi connectivity index (χ0v) is 17.2. The second-order valence-electron chi connectivity index (χ2n) is 6.82. The summed E-state index contributed by atoms with van der Waals surface area (Å²) in [4.78, 5) is 15.6. The van der Waals surface area contributed by atoms with Crippen LogP contribution in [0.2, 0.25) is 0 Å². The minimum absolute atomic E-state index is 0.0702. The maximum absolute atomic E-state index is 13.3. The molecule has 152 valence electrons. The molecule has 1 N–H and O–H groups in total. The highest BCUT2D eigenvalue weighted by Crippen LogP contribution is 2.26. The van der Waals surface area contributed by atoms with E-state index in [4.69, 9.17) is 4.74 Å². The predicted octanol–water partition coefficient (Wildman–Crippen LogP) is 4.49. The number of carbonyl (C=O) groups excluding carboxylic acids is 1. The van der Waals surface area contributed by atoms with Gasteiger partial charge >= 0.3 is 0 Å². The number of likely N-dealkylation sites (N-methyl/N-ethyl adjacent to an activating group) is 1. The molecule has 29 heavy (non-hydrogen) atoms. The fourth-order valence-corrected chi connectivity index (χ4v) is 3.80. The predicted molar refractivity (Wildman–Crippen MR) is 115 cm³/mol. The summed E-state index contributed by atoms with van der Waals surface area (Å²) in [6, 6.07) is 19.6. The molecular formula is C23H25FN2O2S. The molecule has 0 aliphatic carbocycles. The number of hydrogen-bond donors (Lipinski definition) is 1. The first-order valence-electron chi connectivity index (χ1n) is 9.56. The summed E-state index contributed by atoms with van der Waals surface area (Å²) in [5.41, 5.74) is 0.862. The molecule has 0 aliphatic rings. The van der Waals surface area contributed by atoms with Crippen LogP contribution in [0.1, 0.15) is 22.9 Å². The number of nitrogens with one attached hydrogen (secondary N) is 1. The Hall–Kier alpha value is -2.70. The van der Waals surface area contributed by atoms with Crippen molar-refractivity contribution < 1.29 is 13.9 Å². The van der Waals surface area contributed by atoms with Crippen LogP contribution in [0.3, 0.4) is 0 Å². The Morgan fingerprint density at radius 3 is 2.55 bits per heavy atom. The van der Waals surface area contributed by atoms with Crippen LogP contribution < -0.4 is 10.1 Å². The van der Waals surface area contributed by atoms with E-state index in [9.17, 15) is 9.18 Å². The minimum Gasteiger partial charge on any atom is -0.494 e. The van der Waals surface area contributed by atoms with E-state index < -0.39 is 0 Å². The molecule has 1 unspecified atom stereocenters. The van der Waals surface area contributed by atoms with Gasteiger partial charge in [0.15, 0.2) is 0 Å². The van der Waals surface area contributed by atoms with Crippen molar-refractivity contribution in [2.24, 2.45) is 0 Å². The van der Waals surface area contributed by atoms with Crippen LogP contribution in [-0.4, -0.2) is 37.6 Å². The average molecular weight is 413 g/mol. The number of benzene rings is 2. The summed E-state index contributed by atoms with van der Waals surface area (Å²) in [7, 11) is 1.92. The molecule has 1 atom stereocenters. The number of para-hydroxylation sites is 1. The first-order chi connectivity index (χ1) is 14.1. The molecule has 1 heterocycles. The normalized spacial score (nSPS) is 12.0. The molecule has 2 aromatic carbocycles. The highest BCUT2D eigenvalue weighted by Gasteiger charge is 2.18. The number of hydrogen-bond acceptors (Lipinski definition) is 4. The molecule has 1 aromatic heterocycles. The molecule has 4 nitrogen and oxygen atoms in total. The van der Waals surface area contributed by atoms with Crippen molar-refractivity contribution in [1.29, 1.82) is 0 Å². The molecule has 0 saturated carbocycles. The van der Waals surface area contributed by atoms with E-state index in [1.807, 2.05) is 59.8 Å². The van der Waals surface area contributed by atoms with E-state index in [2.05, 4.69) is 5.32 Å². The highest BCUT2D eigenvalue weighted by atomic mass is 32.1. The van der Waals surface area contributed by atoms with Gasteiger partial charge in [0.25, 0.3) is 0 Å². The molecule has 0 bridgehead atoms. The van der Waals surface area contributed by atoms with Crippen molar-refractivity contribution in [2.75, 3.05) is 26.7 Å². The second-order valence-corrected chi connectivity index (χ2v) is 7.80. The zero-order valence-electron chi connectivity index (χ0n) is 16.4. The summed E-state index contributed by atoms with van der Waals surface area (Å²) in [5.74, 6) is 0.493. The highest BCUT2D eigenvalue weighted by molar-refractivity contribution is 7.10. The molecule has 3 aromatic rings. The number of ether oxygens (including phenoxy) is 1. The van der Waals surface area contributed by atoms with E-state index in [1.165, 1.54) is 12.1 Å². The molecule has 0 spiro atoms. The summed E-state index contributed by atoms with van der Waals surface area (Å²) in [6.45, 7) is 1.64. The number of nitrogens with zero attached hydrogens (tertiary/aromatic N) is 1. The number of carbonyl (C=O) groups is 1. The van der Waals surface area contributed by atoms with E-state index >= 15 is 0 Å². The number of amides is 1. The first kappa shape index (κ1) is 21.0. The molecule has 1 amide bonds. The molecule has 0 fully saturated rings. The van der Waals surface area contributed by atoms with Crippen LogP contribution in [0.15, 0.2) is 72.1 Å². The smallest absolute Gasteiger partial charge is 0.234 e. The van der Waals surface area contributed by atoms with Gasteiger partial charge in [-0.25, -0.2) is 4.39 Å². The van der Waals surface area contributed by atoms with Crippen molar-refractivity contribution in [2.45, 2.75) is 12.5 Å². The van der Waals surface area contributed by atoms with Crippen LogP contribution in [0.25, 0.3) is 0 Å². The van der Waals surface area contributed by atoms with E-state index in [-0.39, 0.29) is 24.3 Å². The van der Waals surface area contributed by atoms with Crippen LogP contribution in [0.5, 0.6) is 5.75 Å². The topological polar surface area (TPSA) is 41.6 Å². The minimum atomic E-state index is -0.289. The third-order valence-electron chi connectivity index (χ3n) is 4.45. The van der Waals surface area contributed by atoms with Crippen LogP contribution >= 0.6 is 11.3 Å². The van der Waals surface area contributed by atoms with Gasteiger partial charge in [0.2, 0.25) is 5.91 Å². The number of rotatable bonds is 10. The largest absolute Gasteiger partial charge is 0.494 e. The summed E-state index contributed by atoms with van der Waals surface area (Å²) in [6.07, 6.45) is 0.824. The SMILES string of the molecule is CN(CCCOc1ccccc1)CC(=O)NC(c1ccc(F)cc1)c1cccs1. The van der Waals surface area contributed by atoms with Crippen molar-refractivity contribution in [3.63, 3.8) is 0 Å². The van der Waals surface area contributed by atoms with Crippen molar-refractivity contribution in [1.82, 2.24) is 10.2 Å². The Morgan fingerprint density at radius 1 is 1.10 bits per heavy atom. The lowest BCUT2D eigenvalue weighted by Crippen LogP contribution is -2.38. The Bertz CT molecular complexity index is 870. The lowest BCUT2D eigenvalue weighted by molar-refractivity contribution is -0.122. The Balaban J connectivity index is 1.48. The van der Waals surface area contributed by atoms with Gasteiger partial charge in [-0.1, -0.05) is 36.4 Å². The third-order valence-corrected chi connectivity index (χ3v) is 5.38. The van der Waals surface area contributed by atoms with Gasteiger partial charge in [0, 0.05) is 11.4 Å². The molecule has 0 saturated heterocycles. The van der Waals surface area contributed by atoms with Crippen LogP contribution in [0.4, 0.5) is 4.39 Å². The molecule has 3 rings (SSSR count). The number of halogens is 1. The van der Waals surface area contributed by atoms with Gasteiger partial charge in [-0.05, 0) is 54.7 Å². The zero-order chi connectivity index (χ0) is 20.5. The van der Waals surface area contributed by atoms with Crippen LogP contribution in [-0.2, 0) is 4.79 Å². The fraction of sp³-hybridized carbons (Fsp3) is 0.261. The molecule has 6 heteroatoms. The fourth-order valence-electron chi connectivity index (χ4n) is 3.00. The van der Waals surface area contributed by atoms with Crippen molar-refractivity contribution in [3.05, 3.63) is 88.4 Å². The van der Waals surface area contributed by atoms with Crippen molar-refractivity contribution >= 4 is 17.2 Å². The van der Waals surface area contributed by atoms with Gasteiger partial charge in [-0.15, -0.1) is 11.3 Å². The average Bonchev–Trinajstić information content (AvgIpc) is 3.25. The third kappa shape index (κ3) is 6.69. The Morgan fingerprint density at radius 2 is 1.86 bits per heavy atom. The van der Waals surface area contributed by atoms with Gasteiger partial charge in [0.05, 0.1) is 19.2 Å². The van der Waals surface area contributed by atoms with Crippen LogP contribution in [0, 0.1) is 5.82 Å². The van der Waals surface area contributed by atoms with Gasteiger partial charge < -0.3 is 10.1 Å². The van der Waals surface area contributed by atoms with E-state index in [1.54, 1.807) is 23.5 Å². The monoisotopic (exact) mass is 412 g/mol. The van der Waals surface area contributed by atoms with Gasteiger partial charge in [-0.3, -0.25) is 9.69 Å². The van der Waals surface area contributed by atoms with Crippen molar-refractivity contribution in [3.8, 4) is 5.75 Å². The Kier molecular flexibility index (Phi) is 7.78. The molecule has 0 radical (unpaired) electrons. The van der Waals surface area contributed by atoms with Gasteiger partial charge in [0.1, 0.15) is 11.6 Å². The quantitative estimate of drug-likeness (QED) is 0.499. The number of thiophene rings is 1. The molecular weight excluding hydrogens is 387 g/mol. The Labute approximate surface area is 174 Å². The van der Waals surface area contributed by atoms with E-state index in [0.29, 0.717) is 6.61 Å². The summed E-state index contributed by atoms with van der Waals surface area (Å²) >= 11 is 1.57. The van der Waals surface area contributed by atoms with E-state index in [0.717, 1.165) is 29.2 Å². The molecule has 0 aliphatic heterocycles. The maximum Gasteiger partial charge on any atom is 0.234 e. The van der Waals surface area contributed by atoms with Gasteiger partial charge in [-0.2, -0.15) is 0 Å². The lowest BCUT2D eigenvalue weighted by atomic mass is 10.1. The summed E-state index contributed by atoms with van der Waals surface area (Å²) < 4.78 is 19.0. The summed E-state index contributed by atoms with van der Waals surface area (Å²) in [5, 5.41) is 5.05. The second kappa shape index (κ2) is 10.7. The lowest BCUT2D eigenvalue weighted by Gasteiger charge is -2.21. The first-order valence-corrected chi connectivity index (χ1v) is 10.4.